The first-order valence-corrected chi connectivity index (χ1v) is 11.5. The van der Waals surface area contributed by atoms with Gasteiger partial charge in [0.25, 0.3) is 0 Å². The predicted molar refractivity (Wildman–Crippen MR) is 122 cm³/mol. The molecule has 0 radical (unpaired) electrons. The van der Waals surface area contributed by atoms with Crippen LogP contribution in [0, 0.1) is 5.82 Å². The maximum Gasteiger partial charge on any atom is 0.142 e. The van der Waals surface area contributed by atoms with Crippen LogP contribution in [0.3, 0.4) is 0 Å². The molecule has 1 aliphatic carbocycles. The van der Waals surface area contributed by atoms with Crippen LogP contribution >= 0.6 is 22.9 Å². The van der Waals surface area contributed by atoms with Gasteiger partial charge in [0, 0.05) is 35.0 Å². The third kappa shape index (κ3) is 3.79. The average Bonchev–Trinajstić information content (AvgIpc) is 3.35. The van der Waals surface area contributed by atoms with Crippen molar-refractivity contribution in [1.29, 1.82) is 0 Å². The molecule has 1 aromatic carbocycles. The molecule has 3 heterocycles. The summed E-state index contributed by atoms with van der Waals surface area (Å²) in [6, 6.07) is 4.54. The molecule has 0 fully saturated rings. The molecule has 6 nitrogen and oxygen atoms in total. The van der Waals surface area contributed by atoms with E-state index in [0.717, 1.165) is 48.9 Å². The molecule has 3 aromatic heterocycles. The summed E-state index contributed by atoms with van der Waals surface area (Å²) in [6.07, 6.45) is 8.13. The van der Waals surface area contributed by atoms with Gasteiger partial charge in [0.2, 0.25) is 0 Å². The van der Waals surface area contributed by atoms with E-state index in [1.54, 1.807) is 29.8 Å². The lowest BCUT2D eigenvalue weighted by molar-refractivity contribution is 0.281. The van der Waals surface area contributed by atoms with Crippen LogP contribution in [0.5, 0.6) is 0 Å². The Morgan fingerprint density at radius 2 is 2.10 bits per heavy atom. The molecule has 0 saturated heterocycles. The molecule has 0 atom stereocenters. The molecule has 9 heteroatoms. The van der Waals surface area contributed by atoms with Crippen LogP contribution in [-0.4, -0.2) is 31.5 Å². The van der Waals surface area contributed by atoms with Gasteiger partial charge >= 0.3 is 0 Å². The summed E-state index contributed by atoms with van der Waals surface area (Å²) in [6.45, 7) is 1.11. The minimum Gasteiger partial charge on any atom is -0.396 e. The van der Waals surface area contributed by atoms with Crippen molar-refractivity contribution >= 4 is 44.7 Å². The minimum absolute atomic E-state index is 0.0682. The first kappa shape index (κ1) is 20.4. The molecule has 0 saturated carbocycles. The first-order chi connectivity index (χ1) is 15.2. The lowest BCUT2D eigenvalue weighted by Gasteiger charge is -2.16. The summed E-state index contributed by atoms with van der Waals surface area (Å²) in [7, 11) is 0. The van der Waals surface area contributed by atoms with Crippen LogP contribution in [0.2, 0.25) is 5.02 Å². The monoisotopic (exact) mass is 457 g/mol. The summed E-state index contributed by atoms with van der Waals surface area (Å²) in [5.74, 6) is 0.249. The molecule has 0 spiro atoms. The normalized spacial score (nSPS) is 12.7. The van der Waals surface area contributed by atoms with Gasteiger partial charge in [0.15, 0.2) is 0 Å². The summed E-state index contributed by atoms with van der Waals surface area (Å²) in [5, 5.41) is 18.0. The second-order valence-corrected chi connectivity index (χ2v) is 8.98. The van der Waals surface area contributed by atoms with Crippen LogP contribution < -0.4 is 5.32 Å². The number of hydrogen-bond acceptors (Lipinski definition) is 6. The SMILES string of the molecule is OCCCCCn1ncc2c1CCc1c-2sc2ncnc(Nc3ccc(F)c(Cl)c3)c12. The number of nitrogens with zero attached hydrogens (tertiary/aromatic N) is 4. The molecule has 2 N–H and O–H groups in total. The second-order valence-electron chi connectivity index (χ2n) is 7.58. The highest BCUT2D eigenvalue weighted by molar-refractivity contribution is 7.22. The Hall–Kier alpha value is -2.55. The summed E-state index contributed by atoms with van der Waals surface area (Å²) < 4.78 is 15.6. The molecule has 0 aliphatic heterocycles. The Bertz CT molecular complexity index is 1250. The van der Waals surface area contributed by atoms with Crippen molar-refractivity contribution < 1.29 is 9.50 Å². The minimum atomic E-state index is -0.450. The smallest absolute Gasteiger partial charge is 0.142 e. The fourth-order valence-corrected chi connectivity index (χ4v) is 5.51. The number of aromatic nitrogens is 4. The first-order valence-electron chi connectivity index (χ1n) is 10.3. The maximum atomic E-state index is 13.5. The van der Waals surface area contributed by atoms with E-state index in [0.29, 0.717) is 11.5 Å². The lowest BCUT2D eigenvalue weighted by atomic mass is 9.95. The Balaban J connectivity index is 1.49. The number of anilines is 2. The van der Waals surface area contributed by atoms with Gasteiger partial charge in [-0.05, 0) is 55.9 Å². The van der Waals surface area contributed by atoms with E-state index < -0.39 is 5.82 Å². The fraction of sp³-hybridized carbons (Fsp3) is 0.318. The van der Waals surface area contributed by atoms with Gasteiger partial charge in [-0.15, -0.1) is 11.3 Å². The number of hydrogen-bond donors (Lipinski definition) is 2. The zero-order valence-corrected chi connectivity index (χ0v) is 18.3. The number of fused-ring (bicyclic) bond motifs is 5. The number of thiophene rings is 1. The van der Waals surface area contributed by atoms with Gasteiger partial charge in [0.1, 0.15) is 22.8 Å². The highest BCUT2D eigenvalue weighted by atomic mass is 35.5. The summed E-state index contributed by atoms with van der Waals surface area (Å²) in [4.78, 5) is 11.1. The number of rotatable bonds is 7. The average molecular weight is 458 g/mol. The standard InChI is InChI=1S/C22H21ClFN5OS/c23-16-10-13(4-6-17(16)24)28-21-19-14-5-7-18-15(20(14)31-22(19)26-12-25-21)11-27-29(18)8-2-1-3-9-30/h4,6,10-12,30H,1-3,5,7-9H2,(H,25,26,28). The van der Waals surface area contributed by atoms with Crippen molar-refractivity contribution in [3.8, 4) is 10.4 Å². The molecule has 0 unspecified atom stereocenters. The van der Waals surface area contributed by atoms with E-state index in [-0.39, 0.29) is 11.6 Å². The van der Waals surface area contributed by atoms with E-state index in [2.05, 4.69) is 25.1 Å². The quantitative estimate of drug-likeness (QED) is 0.366. The highest BCUT2D eigenvalue weighted by Gasteiger charge is 2.26. The van der Waals surface area contributed by atoms with Crippen molar-refractivity contribution in [2.75, 3.05) is 11.9 Å². The van der Waals surface area contributed by atoms with Crippen molar-refractivity contribution in [1.82, 2.24) is 19.7 Å². The molecule has 1 aliphatic rings. The van der Waals surface area contributed by atoms with Gasteiger partial charge < -0.3 is 10.4 Å². The van der Waals surface area contributed by atoms with Gasteiger partial charge in [-0.2, -0.15) is 5.10 Å². The molecule has 0 bridgehead atoms. The molecular weight excluding hydrogens is 437 g/mol. The fourth-order valence-electron chi connectivity index (χ4n) is 4.10. The number of benzene rings is 1. The summed E-state index contributed by atoms with van der Waals surface area (Å²) in [5.41, 5.74) is 4.33. The Labute approximate surface area is 187 Å². The Morgan fingerprint density at radius 3 is 2.94 bits per heavy atom. The van der Waals surface area contributed by atoms with E-state index in [1.165, 1.54) is 27.8 Å². The van der Waals surface area contributed by atoms with Crippen LogP contribution in [0.25, 0.3) is 20.7 Å². The molecule has 160 valence electrons. The van der Waals surface area contributed by atoms with E-state index >= 15 is 0 Å². The van der Waals surface area contributed by atoms with E-state index in [4.69, 9.17) is 16.7 Å². The molecule has 31 heavy (non-hydrogen) atoms. The van der Waals surface area contributed by atoms with Crippen molar-refractivity contribution in [3.05, 3.63) is 52.8 Å². The second kappa shape index (κ2) is 8.53. The third-order valence-corrected chi connectivity index (χ3v) is 7.07. The number of aliphatic hydroxyl groups excluding tert-OH is 1. The highest BCUT2D eigenvalue weighted by Crippen LogP contribution is 2.45. The molecule has 4 aromatic rings. The maximum absolute atomic E-state index is 13.5. The van der Waals surface area contributed by atoms with Crippen molar-refractivity contribution in [2.45, 2.75) is 38.6 Å². The Morgan fingerprint density at radius 1 is 1.19 bits per heavy atom. The zero-order valence-electron chi connectivity index (χ0n) is 16.7. The van der Waals surface area contributed by atoms with Gasteiger partial charge in [-0.3, -0.25) is 4.68 Å². The number of aryl methyl sites for hydroxylation is 2. The summed E-state index contributed by atoms with van der Waals surface area (Å²) >= 11 is 7.59. The molecule has 5 rings (SSSR count). The number of aliphatic hydroxyl groups is 1. The number of nitrogens with one attached hydrogen (secondary N) is 1. The largest absolute Gasteiger partial charge is 0.396 e. The van der Waals surface area contributed by atoms with Gasteiger partial charge in [0.05, 0.1) is 16.6 Å². The van der Waals surface area contributed by atoms with Crippen LogP contribution in [0.15, 0.2) is 30.7 Å². The van der Waals surface area contributed by atoms with Gasteiger partial charge in [-0.25, -0.2) is 14.4 Å². The Kier molecular flexibility index (Phi) is 5.60. The number of halogens is 2. The van der Waals surface area contributed by atoms with Gasteiger partial charge in [-0.1, -0.05) is 11.6 Å². The molecule has 0 amide bonds. The topological polar surface area (TPSA) is 75.9 Å². The third-order valence-electron chi connectivity index (χ3n) is 5.60. The van der Waals surface area contributed by atoms with Crippen LogP contribution in [0.1, 0.15) is 30.5 Å². The van der Waals surface area contributed by atoms with Crippen molar-refractivity contribution in [3.63, 3.8) is 0 Å². The molecular formula is C22H21ClFN5OS. The predicted octanol–water partition coefficient (Wildman–Crippen LogP) is 5.35. The van der Waals surface area contributed by atoms with E-state index in [9.17, 15) is 4.39 Å². The lowest BCUT2D eigenvalue weighted by Crippen LogP contribution is -2.10. The van der Waals surface area contributed by atoms with Crippen LogP contribution in [-0.2, 0) is 19.4 Å². The van der Waals surface area contributed by atoms with Crippen molar-refractivity contribution in [2.24, 2.45) is 0 Å². The van der Waals surface area contributed by atoms with Crippen LogP contribution in [0.4, 0.5) is 15.9 Å². The number of unbranched alkanes of at least 4 members (excludes halogenated alkanes) is 2. The van der Waals surface area contributed by atoms with E-state index in [1.807, 2.05) is 6.20 Å². The zero-order chi connectivity index (χ0) is 21.4.